The van der Waals surface area contributed by atoms with Crippen LogP contribution in [0.2, 0.25) is 0 Å². The molecule has 9 heteroatoms. The number of halogens is 3. The number of aromatic nitrogens is 2. The summed E-state index contributed by atoms with van der Waals surface area (Å²) < 4.78 is 40.7. The first-order chi connectivity index (χ1) is 10.7. The van der Waals surface area contributed by atoms with Gasteiger partial charge >= 0.3 is 12.1 Å². The third-order valence-electron chi connectivity index (χ3n) is 3.43. The molecule has 0 radical (unpaired) electrons. The summed E-state index contributed by atoms with van der Waals surface area (Å²) in [4.78, 5) is 26.6. The molecule has 1 aromatic heterocycles. The van der Waals surface area contributed by atoms with E-state index in [0.717, 1.165) is 6.42 Å². The van der Waals surface area contributed by atoms with Gasteiger partial charge in [-0.2, -0.15) is 13.2 Å². The summed E-state index contributed by atoms with van der Waals surface area (Å²) in [7, 11) is 1.40. The van der Waals surface area contributed by atoms with Crippen LogP contribution in [0.25, 0.3) is 0 Å². The summed E-state index contributed by atoms with van der Waals surface area (Å²) in [6.07, 6.45) is -1.53. The highest BCUT2D eigenvalue weighted by Gasteiger charge is 2.44. The Morgan fingerprint density at radius 1 is 1.43 bits per heavy atom. The van der Waals surface area contributed by atoms with Crippen molar-refractivity contribution in [2.45, 2.75) is 50.7 Å². The molecule has 2 atom stereocenters. The number of rotatable bonds is 8. The number of hydrogen-bond acceptors (Lipinski definition) is 3. The smallest absolute Gasteiger partial charge is 0.399 e. The monoisotopic (exact) mass is 335 g/mol. The van der Waals surface area contributed by atoms with Crippen LogP contribution in [0, 0.1) is 0 Å². The van der Waals surface area contributed by atoms with Crippen LogP contribution >= 0.6 is 0 Å². The fourth-order valence-corrected chi connectivity index (χ4v) is 2.17. The van der Waals surface area contributed by atoms with Gasteiger partial charge in [0.25, 0.3) is 0 Å². The fourth-order valence-electron chi connectivity index (χ4n) is 2.17. The molecule has 0 fully saturated rings. The lowest BCUT2D eigenvalue weighted by molar-refractivity contribution is -0.159. The quantitative estimate of drug-likeness (QED) is 0.763. The van der Waals surface area contributed by atoms with Crippen molar-refractivity contribution >= 4 is 11.9 Å². The molecule has 23 heavy (non-hydrogen) atoms. The molecule has 0 spiro atoms. The van der Waals surface area contributed by atoms with Crippen molar-refractivity contribution < 1.29 is 27.9 Å². The van der Waals surface area contributed by atoms with E-state index in [1.807, 2.05) is 6.92 Å². The molecule has 0 unspecified atom stereocenters. The molecule has 0 aliphatic rings. The second-order valence-electron chi connectivity index (χ2n) is 5.30. The Hall–Kier alpha value is -2.06. The van der Waals surface area contributed by atoms with Crippen molar-refractivity contribution in [1.29, 1.82) is 0 Å². The number of imidazole rings is 1. The minimum Gasteiger partial charge on any atom is -0.480 e. The van der Waals surface area contributed by atoms with E-state index in [2.05, 4.69) is 10.3 Å². The number of carbonyl (C=O) groups is 2. The summed E-state index contributed by atoms with van der Waals surface area (Å²) >= 11 is 0. The van der Waals surface area contributed by atoms with E-state index >= 15 is 0 Å². The van der Waals surface area contributed by atoms with Crippen molar-refractivity contribution in [3.63, 3.8) is 0 Å². The SMILES string of the molecule is CCCC[C@@H](NC(=O)C[C@H](c1nccn1C)C(F)(F)F)C(=O)O. The molecule has 0 bridgehead atoms. The van der Waals surface area contributed by atoms with Gasteiger partial charge in [0, 0.05) is 25.9 Å². The van der Waals surface area contributed by atoms with Crippen LogP contribution in [0.4, 0.5) is 13.2 Å². The Morgan fingerprint density at radius 3 is 2.52 bits per heavy atom. The van der Waals surface area contributed by atoms with E-state index in [1.54, 1.807) is 0 Å². The van der Waals surface area contributed by atoms with Gasteiger partial charge in [0.15, 0.2) is 0 Å². The molecule has 6 nitrogen and oxygen atoms in total. The third kappa shape index (κ3) is 5.57. The van der Waals surface area contributed by atoms with Crippen molar-refractivity contribution in [3.05, 3.63) is 18.2 Å². The van der Waals surface area contributed by atoms with E-state index in [1.165, 1.54) is 24.0 Å². The lowest BCUT2D eigenvalue weighted by Crippen LogP contribution is -2.42. The first kappa shape index (κ1) is 19.0. The minimum absolute atomic E-state index is 0.177. The highest BCUT2D eigenvalue weighted by molar-refractivity contribution is 5.83. The van der Waals surface area contributed by atoms with Crippen LogP contribution in [-0.2, 0) is 16.6 Å². The largest absolute Gasteiger partial charge is 0.480 e. The molecule has 0 saturated heterocycles. The van der Waals surface area contributed by atoms with Gasteiger partial charge in [-0.25, -0.2) is 9.78 Å². The zero-order valence-electron chi connectivity index (χ0n) is 12.9. The molecule has 1 heterocycles. The van der Waals surface area contributed by atoms with Gasteiger partial charge < -0.3 is 15.0 Å². The van der Waals surface area contributed by atoms with Crippen LogP contribution in [0.15, 0.2) is 12.4 Å². The zero-order valence-corrected chi connectivity index (χ0v) is 12.9. The van der Waals surface area contributed by atoms with E-state index in [0.29, 0.717) is 6.42 Å². The van der Waals surface area contributed by atoms with Crippen molar-refractivity contribution in [1.82, 2.24) is 14.9 Å². The normalized spacial score (nSPS) is 14.3. The Kier molecular flexibility index (Phi) is 6.59. The van der Waals surface area contributed by atoms with Gasteiger partial charge in [0.1, 0.15) is 17.8 Å². The predicted octanol–water partition coefficient (Wildman–Crippen LogP) is 2.22. The summed E-state index contributed by atoms with van der Waals surface area (Å²) in [5, 5.41) is 11.2. The number of nitrogens with one attached hydrogen (secondary N) is 1. The van der Waals surface area contributed by atoms with E-state index in [4.69, 9.17) is 5.11 Å². The molecule has 0 saturated carbocycles. The Balaban J connectivity index is 2.82. The van der Waals surface area contributed by atoms with Gasteiger partial charge in [0.05, 0.1) is 0 Å². The zero-order chi connectivity index (χ0) is 17.6. The summed E-state index contributed by atoms with van der Waals surface area (Å²) in [5.41, 5.74) is 0. The highest BCUT2D eigenvalue weighted by Crippen LogP contribution is 2.36. The molecular formula is C14H20F3N3O3. The van der Waals surface area contributed by atoms with Crippen molar-refractivity contribution in [2.75, 3.05) is 0 Å². The number of nitrogens with zero attached hydrogens (tertiary/aromatic N) is 2. The number of carboxylic acid groups (broad SMARTS) is 1. The van der Waals surface area contributed by atoms with E-state index < -0.39 is 36.4 Å². The maximum absolute atomic E-state index is 13.2. The number of aliphatic carboxylic acids is 1. The van der Waals surface area contributed by atoms with Crippen LogP contribution in [0.3, 0.4) is 0 Å². The number of unbranched alkanes of at least 4 members (excludes halogenated alkanes) is 1. The summed E-state index contributed by atoms with van der Waals surface area (Å²) in [6, 6.07) is -1.18. The topological polar surface area (TPSA) is 84.2 Å². The Morgan fingerprint density at radius 2 is 2.09 bits per heavy atom. The second-order valence-corrected chi connectivity index (χ2v) is 5.30. The van der Waals surface area contributed by atoms with Gasteiger partial charge in [0.2, 0.25) is 5.91 Å². The molecule has 1 rings (SSSR count). The number of carbonyl (C=O) groups excluding carboxylic acids is 1. The van der Waals surface area contributed by atoms with E-state index in [-0.39, 0.29) is 12.2 Å². The first-order valence-electron chi connectivity index (χ1n) is 7.22. The maximum Gasteiger partial charge on any atom is 0.399 e. The van der Waals surface area contributed by atoms with Crippen LogP contribution in [0.5, 0.6) is 0 Å². The average molecular weight is 335 g/mol. The van der Waals surface area contributed by atoms with Gasteiger partial charge in [-0.15, -0.1) is 0 Å². The molecule has 1 aromatic rings. The molecule has 2 N–H and O–H groups in total. The Labute approximate surface area is 131 Å². The van der Waals surface area contributed by atoms with Crippen LogP contribution in [-0.4, -0.2) is 38.8 Å². The van der Waals surface area contributed by atoms with Crippen LogP contribution < -0.4 is 5.32 Å². The number of alkyl halides is 3. The summed E-state index contributed by atoms with van der Waals surface area (Å²) in [6.45, 7) is 1.85. The summed E-state index contributed by atoms with van der Waals surface area (Å²) in [5.74, 6) is -4.58. The number of aryl methyl sites for hydroxylation is 1. The number of amides is 1. The molecule has 1 amide bonds. The molecule has 0 aliphatic heterocycles. The van der Waals surface area contributed by atoms with Gasteiger partial charge in [-0.1, -0.05) is 19.8 Å². The van der Waals surface area contributed by atoms with Gasteiger partial charge in [-0.3, -0.25) is 4.79 Å². The predicted molar refractivity (Wildman–Crippen MR) is 75.7 cm³/mol. The average Bonchev–Trinajstić information content (AvgIpc) is 2.85. The van der Waals surface area contributed by atoms with Gasteiger partial charge in [-0.05, 0) is 6.42 Å². The lowest BCUT2D eigenvalue weighted by Gasteiger charge is -2.21. The number of carboxylic acids is 1. The van der Waals surface area contributed by atoms with E-state index in [9.17, 15) is 22.8 Å². The van der Waals surface area contributed by atoms with Crippen molar-refractivity contribution in [3.8, 4) is 0 Å². The maximum atomic E-state index is 13.2. The standard InChI is InChI=1S/C14H20F3N3O3/c1-3-4-5-10(13(22)23)19-11(21)8-9(14(15,16)17)12-18-6-7-20(12)2/h6-7,9-10H,3-5,8H2,1-2H3,(H,19,21)(H,22,23)/t9-,10-/m1/s1. The molecule has 0 aromatic carbocycles. The van der Waals surface area contributed by atoms with Crippen LogP contribution in [0.1, 0.15) is 44.3 Å². The molecule has 0 aliphatic carbocycles. The Bertz CT molecular complexity index is 543. The first-order valence-corrected chi connectivity index (χ1v) is 7.22. The van der Waals surface area contributed by atoms with Crippen molar-refractivity contribution in [2.24, 2.45) is 7.05 Å². The second kappa shape index (κ2) is 7.98. The molecular weight excluding hydrogens is 315 g/mol. The molecule has 130 valence electrons. The lowest BCUT2D eigenvalue weighted by atomic mass is 10.0. The minimum atomic E-state index is -4.65. The number of hydrogen-bond donors (Lipinski definition) is 2. The highest BCUT2D eigenvalue weighted by atomic mass is 19.4. The fraction of sp³-hybridized carbons (Fsp3) is 0.643. The third-order valence-corrected chi connectivity index (χ3v) is 3.43.